The van der Waals surface area contributed by atoms with Crippen LogP contribution >= 0.6 is 0 Å². The predicted molar refractivity (Wildman–Crippen MR) is 114 cm³/mol. The minimum Gasteiger partial charge on any atom is -0.457 e. The van der Waals surface area contributed by atoms with E-state index in [4.69, 9.17) is 4.74 Å². The van der Waals surface area contributed by atoms with E-state index in [1.165, 1.54) is 0 Å². The second kappa shape index (κ2) is 8.86. The number of Topliss-reactive ketones (excluding diaryl/α,β-unsaturated/α-hetero) is 1. The monoisotopic (exact) mass is 410 g/mol. The van der Waals surface area contributed by atoms with Gasteiger partial charge in [-0.25, -0.2) is 0 Å². The molecule has 0 spiro atoms. The van der Waals surface area contributed by atoms with Crippen molar-refractivity contribution < 1.29 is 19.1 Å². The summed E-state index contributed by atoms with van der Waals surface area (Å²) in [5, 5.41) is 0. The highest BCUT2D eigenvalue weighted by atomic mass is 16.5. The lowest BCUT2D eigenvalue weighted by Gasteiger charge is -2.25. The van der Waals surface area contributed by atoms with E-state index in [-0.39, 0.29) is 36.8 Å². The van der Waals surface area contributed by atoms with Crippen LogP contribution in [0, 0.1) is 19.8 Å². The summed E-state index contributed by atoms with van der Waals surface area (Å²) in [5.41, 5.74) is 3.48. The summed E-state index contributed by atoms with van der Waals surface area (Å²) in [6.07, 6.45) is 0.117. The molecule has 0 N–H and O–H groups in total. The van der Waals surface area contributed by atoms with Gasteiger partial charge in [-0.3, -0.25) is 14.4 Å². The first-order chi connectivity index (χ1) is 14.2. The van der Waals surface area contributed by atoms with Crippen molar-refractivity contribution in [2.24, 2.45) is 5.92 Å². The van der Waals surface area contributed by atoms with Gasteiger partial charge in [0.1, 0.15) is 0 Å². The Balaban J connectivity index is 1.60. The van der Waals surface area contributed by atoms with Gasteiger partial charge in [-0.15, -0.1) is 0 Å². The van der Waals surface area contributed by atoms with Gasteiger partial charge in [-0.2, -0.15) is 0 Å². The zero-order valence-electron chi connectivity index (χ0n) is 18.3. The molecule has 6 heteroatoms. The number of rotatable bonds is 7. The number of carbonyl (C=O) groups excluding carboxylic acids is 3. The molecule has 6 nitrogen and oxygen atoms in total. The number of nitrogens with zero attached hydrogens (tertiary/aromatic N) is 2. The SMILES string of the molecule is Cc1cc(C(=O)COC(=O)[C@@H]2CC(=O)N([C@H](C)c3ccccc3)C2)c(C)n1C(C)C. The van der Waals surface area contributed by atoms with Gasteiger partial charge in [-0.05, 0) is 46.2 Å². The van der Waals surface area contributed by atoms with Crippen LogP contribution in [-0.2, 0) is 14.3 Å². The molecule has 3 rings (SSSR count). The molecule has 1 aromatic carbocycles. The molecule has 2 heterocycles. The third-order valence-electron chi connectivity index (χ3n) is 5.89. The molecule has 160 valence electrons. The van der Waals surface area contributed by atoms with E-state index in [0.717, 1.165) is 17.0 Å². The van der Waals surface area contributed by atoms with Crippen LogP contribution < -0.4 is 0 Å². The highest BCUT2D eigenvalue weighted by Gasteiger charge is 2.38. The number of aromatic nitrogens is 1. The van der Waals surface area contributed by atoms with Gasteiger partial charge in [0.25, 0.3) is 0 Å². The Bertz CT molecular complexity index is 946. The average molecular weight is 411 g/mol. The lowest BCUT2D eigenvalue weighted by Crippen LogP contribution is -2.30. The Labute approximate surface area is 177 Å². The van der Waals surface area contributed by atoms with Gasteiger partial charge in [0, 0.05) is 36.0 Å². The topological polar surface area (TPSA) is 68.6 Å². The maximum absolute atomic E-state index is 12.6. The Morgan fingerprint density at radius 3 is 2.40 bits per heavy atom. The minimum atomic E-state index is -0.542. The summed E-state index contributed by atoms with van der Waals surface area (Å²) in [7, 11) is 0. The molecular formula is C24H30N2O4. The zero-order chi connectivity index (χ0) is 22.0. The number of carbonyl (C=O) groups is 3. The van der Waals surface area contributed by atoms with Crippen molar-refractivity contribution in [2.75, 3.05) is 13.2 Å². The van der Waals surface area contributed by atoms with Crippen LogP contribution in [0.15, 0.2) is 36.4 Å². The summed E-state index contributed by atoms with van der Waals surface area (Å²) in [6, 6.07) is 11.7. The van der Waals surface area contributed by atoms with Crippen molar-refractivity contribution in [2.45, 2.75) is 53.1 Å². The van der Waals surface area contributed by atoms with Crippen LogP contribution in [0.4, 0.5) is 0 Å². The van der Waals surface area contributed by atoms with Crippen LogP contribution in [0.3, 0.4) is 0 Å². The van der Waals surface area contributed by atoms with Crippen LogP contribution in [0.2, 0.25) is 0 Å². The Morgan fingerprint density at radius 1 is 1.13 bits per heavy atom. The molecule has 1 aromatic heterocycles. The number of ether oxygens (including phenoxy) is 1. The number of amides is 1. The number of hydrogen-bond acceptors (Lipinski definition) is 4. The lowest BCUT2D eigenvalue weighted by molar-refractivity contribution is -0.147. The smallest absolute Gasteiger partial charge is 0.311 e. The molecule has 1 aliphatic rings. The van der Waals surface area contributed by atoms with Crippen molar-refractivity contribution in [1.29, 1.82) is 0 Å². The molecule has 0 bridgehead atoms. The van der Waals surface area contributed by atoms with E-state index in [1.807, 2.05) is 57.2 Å². The van der Waals surface area contributed by atoms with E-state index in [0.29, 0.717) is 12.1 Å². The molecule has 1 saturated heterocycles. The largest absolute Gasteiger partial charge is 0.457 e. The van der Waals surface area contributed by atoms with Crippen molar-refractivity contribution in [3.63, 3.8) is 0 Å². The minimum absolute atomic E-state index is 0.0693. The molecule has 0 aliphatic carbocycles. The number of ketones is 1. The summed E-state index contributed by atoms with van der Waals surface area (Å²) in [6.45, 7) is 9.95. The fourth-order valence-electron chi connectivity index (χ4n) is 4.36. The predicted octanol–water partition coefficient (Wildman–Crippen LogP) is 4.02. The standard InChI is InChI=1S/C24H30N2O4/c1-15(2)26-16(3)11-21(18(26)5)22(27)14-30-24(29)20-12-23(28)25(13-20)17(4)19-9-7-6-8-10-19/h6-11,15,17,20H,12-14H2,1-5H3/t17-,20-/m1/s1. The van der Waals surface area contributed by atoms with Crippen LogP contribution in [0.5, 0.6) is 0 Å². The van der Waals surface area contributed by atoms with E-state index in [1.54, 1.807) is 4.90 Å². The quantitative estimate of drug-likeness (QED) is 0.511. The summed E-state index contributed by atoms with van der Waals surface area (Å²) >= 11 is 0. The van der Waals surface area contributed by atoms with E-state index < -0.39 is 11.9 Å². The fraction of sp³-hybridized carbons (Fsp3) is 0.458. The molecule has 1 amide bonds. The summed E-state index contributed by atoms with van der Waals surface area (Å²) in [4.78, 5) is 39.3. The van der Waals surface area contributed by atoms with Crippen LogP contribution in [0.1, 0.15) is 66.6 Å². The number of benzene rings is 1. The third kappa shape index (κ3) is 4.32. The number of hydrogen-bond donors (Lipinski definition) is 0. The highest BCUT2D eigenvalue weighted by Crippen LogP contribution is 2.29. The highest BCUT2D eigenvalue weighted by molar-refractivity contribution is 5.99. The number of aryl methyl sites for hydroxylation is 1. The van der Waals surface area contributed by atoms with Gasteiger partial charge in [0.05, 0.1) is 12.0 Å². The molecule has 0 saturated carbocycles. The average Bonchev–Trinajstić information content (AvgIpc) is 3.25. The van der Waals surface area contributed by atoms with Crippen LogP contribution in [-0.4, -0.2) is 40.3 Å². The first-order valence-corrected chi connectivity index (χ1v) is 10.4. The maximum atomic E-state index is 12.6. The Morgan fingerprint density at radius 2 is 1.80 bits per heavy atom. The van der Waals surface area contributed by atoms with Gasteiger partial charge < -0.3 is 14.2 Å². The molecule has 2 atom stereocenters. The molecule has 2 aromatic rings. The first-order valence-electron chi connectivity index (χ1n) is 10.4. The Hall–Kier alpha value is -2.89. The summed E-state index contributed by atoms with van der Waals surface area (Å²) < 4.78 is 7.40. The second-order valence-electron chi connectivity index (χ2n) is 8.31. The normalized spacial score (nSPS) is 17.5. The molecular weight excluding hydrogens is 380 g/mol. The molecule has 1 fully saturated rings. The maximum Gasteiger partial charge on any atom is 0.311 e. The Kier molecular flexibility index (Phi) is 6.44. The van der Waals surface area contributed by atoms with Gasteiger partial charge in [0.15, 0.2) is 6.61 Å². The number of esters is 1. The van der Waals surface area contributed by atoms with Crippen molar-refractivity contribution in [3.8, 4) is 0 Å². The first kappa shape index (κ1) is 21.8. The van der Waals surface area contributed by atoms with E-state index in [2.05, 4.69) is 18.4 Å². The van der Waals surface area contributed by atoms with Crippen molar-refractivity contribution in [1.82, 2.24) is 9.47 Å². The molecule has 0 radical (unpaired) electrons. The van der Waals surface area contributed by atoms with Gasteiger partial charge in [0.2, 0.25) is 11.7 Å². The zero-order valence-corrected chi connectivity index (χ0v) is 18.3. The molecule has 30 heavy (non-hydrogen) atoms. The number of likely N-dealkylation sites (tertiary alicyclic amines) is 1. The molecule has 1 aliphatic heterocycles. The van der Waals surface area contributed by atoms with Crippen LogP contribution in [0.25, 0.3) is 0 Å². The van der Waals surface area contributed by atoms with E-state index >= 15 is 0 Å². The van der Waals surface area contributed by atoms with Crippen molar-refractivity contribution in [3.05, 3.63) is 58.9 Å². The molecule has 0 unspecified atom stereocenters. The van der Waals surface area contributed by atoms with E-state index in [9.17, 15) is 14.4 Å². The lowest BCUT2D eigenvalue weighted by atomic mass is 10.1. The third-order valence-corrected chi connectivity index (χ3v) is 5.89. The van der Waals surface area contributed by atoms with Crippen molar-refractivity contribution >= 4 is 17.7 Å². The summed E-state index contributed by atoms with van der Waals surface area (Å²) in [5.74, 6) is -1.32. The fourth-order valence-corrected chi connectivity index (χ4v) is 4.36. The second-order valence-corrected chi connectivity index (χ2v) is 8.31. The van der Waals surface area contributed by atoms with Gasteiger partial charge >= 0.3 is 5.97 Å². The van der Waals surface area contributed by atoms with Gasteiger partial charge in [-0.1, -0.05) is 30.3 Å².